The second-order valence-corrected chi connectivity index (χ2v) is 5.21. The van der Waals surface area contributed by atoms with Gasteiger partial charge in [0, 0.05) is 25.7 Å². The number of likely N-dealkylation sites (N-methyl/N-ethyl adjacent to an activating group) is 1. The van der Waals surface area contributed by atoms with Crippen molar-refractivity contribution in [1.29, 1.82) is 0 Å². The first kappa shape index (κ1) is 12.2. The van der Waals surface area contributed by atoms with Crippen molar-refractivity contribution in [2.45, 2.75) is 25.5 Å². The van der Waals surface area contributed by atoms with Crippen LogP contribution in [0.25, 0.3) is 0 Å². The van der Waals surface area contributed by atoms with Crippen LogP contribution in [0.5, 0.6) is 0 Å². The molecule has 0 aliphatic carbocycles. The minimum absolute atomic E-state index is 0.260. The van der Waals surface area contributed by atoms with E-state index in [9.17, 15) is 0 Å². The summed E-state index contributed by atoms with van der Waals surface area (Å²) in [4.78, 5) is 2.54. The van der Waals surface area contributed by atoms with Crippen LogP contribution in [0.2, 0.25) is 0 Å². The van der Waals surface area contributed by atoms with Gasteiger partial charge in [-0.1, -0.05) is 31.2 Å². The molecule has 2 aliphatic rings. The maximum atomic E-state index is 5.99. The molecule has 0 spiro atoms. The second kappa shape index (κ2) is 5.39. The van der Waals surface area contributed by atoms with Crippen molar-refractivity contribution in [2.75, 3.05) is 32.8 Å². The van der Waals surface area contributed by atoms with Crippen molar-refractivity contribution < 1.29 is 4.74 Å². The molecular weight excluding hydrogens is 224 g/mol. The Bertz CT molecular complexity index is 403. The largest absolute Gasteiger partial charge is 0.372 e. The maximum absolute atomic E-state index is 5.99. The molecule has 98 valence electrons. The van der Waals surface area contributed by atoms with E-state index >= 15 is 0 Å². The molecule has 0 saturated carbocycles. The smallest absolute Gasteiger partial charge is 0.0954 e. The topological polar surface area (TPSA) is 24.5 Å². The van der Waals surface area contributed by atoms with E-state index in [-0.39, 0.29) is 6.10 Å². The fourth-order valence-electron chi connectivity index (χ4n) is 2.91. The molecule has 1 saturated heterocycles. The minimum Gasteiger partial charge on any atom is -0.372 e. The van der Waals surface area contributed by atoms with Gasteiger partial charge in [0.2, 0.25) is 0 Å². The van der Waals surface area contributed by atoms with Crippen molar-refractivity contribution in [1.82, 2.24) is 10.2 Å². The number of rotatable bonds is 4. The van der Waals surface area contributed by atoms with Crippen LogP contribution < -0.4 is 5.32 Å². The van der Waals surface area contributed by atoms with Crippen LogP contribution in [0.3, 0.4) is 0 Å². The van der Waals surface area contributed by atoms with Gasteiger partial charge in [-0.2, -0.15) is 0 Å². The molecule has 1 unspecified atom stereocenters. The highest BCUT2D eigenvalue weighted by Gasteiger charge is 2.28. The van der Waals surface area contributed by atoms with Crippen LogP contribution in [-0.2, 0) is 11.2 Å². The highest BCUT2D eigenvalue weighted by molar-refractivity contribution is 5.31. The van der Waals surface area contributed by atoms with Crippen LogP contribution in [0, 0.1) is 0 Å². The van der Waals surface area contributed by atoms with Gasteiger partial charge in [0.05, 0.1) is 12.7 Å². The summed E-state index contributed by atoms with van der Waals surface area (Å²) in [5.41, 5.74) is 2.87. The van der Waals surface area contributed by atoms with Gasteiger partial charge in [0.25, 0.3) is 0 Å². The average Bonchev–Trinajstić information content (AvgIpc) is 2.36. The fraction of sp³-hybridized carbons (Fsp3) is 0.600. The minimum atomic E-state index is 0.260. The van der Waals surface area contributed by atoms with Crippen molar-refractivity contribution in [3.05, 3.63) is 35.4 Å². The van der Waals surface area contributed by atoms with Crippen LogP contribution in [-0.4, -0.2) is 43.7 Å². The third kappa shape index (κ3) is 2.30. The van der Waals surface area contributed by atoms with E-state index in [2.05, 4.69) is 41.4 Å². The lowest BCUT2D eigenvalue weighted by atomic mass is 9.96. The lowest BCUT2D eigenvalue weighted by molar-refractivity contribution is 0.00104. The Morgan fingerprint density at radius 3 is 2.89 bits per heavy atom. The van der Waals surface area contributed by atoms with Gasteiger partial charge in [-0.05, 0) is 24.1 Å². The summed E-state index contributed by atoms with van der Waals surface area (Å²) in [5, 5.41) is 3.35. The van der Waals surface area contributed by atoms with Gasteiger partial charge in [-0.3, -0.25) is 4.90 Å². The number of benzene rings is 1. The summed E-state index contributed by atoms with van der Waals surface area (Å²) >= 11 is 0. The highest BCUT2D eigenvalue weighted by Crippen LogP contribution is 2.28. The van der Waals surface area contributed by atoms with Gasteiger partial charge in [0.15, 0.2) is 0 Å². The van der Waals surface area contributed by atoms with Gasteiger partial charge in [0.1, 0.15) is 0 Å². The Balaban J connectivity index is 1.72. The quantitative estimate of drug-likeness (QED) is 0.873. The molecule has 2 aliphatic heterocycles. The number of nitrogens with zero attached hydrogens (tertiary/aromatic N) is 1. The number of hydrogen-bond donors (Lipinski definition) is 1. The molecule has 3 nitrogen and oxygen atoms in total. The first-order valence-electron chi connectivity index (χ1n) is 7.02. The fourth-order valence-corrected chi connectivity index (χ4v) is 2.91. The lowest BCUT2D eigenvalue weighted by Gasteiger charge is -2.40. The van der Waals surface area contributed by atoms with Crippen LogP contribution in [0.1, 0.15) is 24.2 Å². The molecule has 2 heterocycles. The second-order valence-electron chi connectivity index (χ2n) is 5.21. The Morgan fingerprint density at radius 1 is 1.33 bits per heavy atom. The maximum Gasteiger partial charge on any atom is 0.0954 e. The third-order valence-electron chi connectivity index (χ3n) is 4.18. The molecule has 1 fully saturated rings. The predicted octanol–water partition coefficient (Wildman–Crippen LogP) is 1.59. The van der Waals surface area contributed by atoms with Crippen molar-refractivity contribution in [2.24, 2.45) is 0 Å². The van der Waals surface area contributed by atoms with Gasteiger partial charge in [-0.25, -0.2) is 0 Å². The zero-order valence-electron chi connectivity index (χ0n) is 11.1. The molecule has 0 bridgehead atoms. The Hall–Kier alpha value is -0.900. The van der Waals surface area contributed by atoms with E-state index in [4.69, 9.17) is 4.74 Å². The number of hydrogen-bond acceptors (Lipinski definition) is 3. The van der Waals surface area contributed by atoms with E-state index in [1.165, 1.54) is 11.1 Å². The molecule has 1 aromatic carbocycles. The highest BCUT2D eigenvalue weighted by atomic mass is 16.5. The zero-order chi connectivity index (χ0) is 12.4. The Morgan fingerprint density at radius 2 is 2.17 bits per heavy atom. The van der Waals surface area contributed by atoms with E-state index in [1.807, 2.05) is 0 Å². The van der Waals surface area contributed by atoms with Crippen molar-refractivity contribution in [3.8, 4) is 0 Å². The third-order valence-corrected chi connectivity index (χ3v) is 4.18. The molecular formula is C15H22N2O. The van der Waals surface area contributed by atoms with E-state index in [0.717, 1.165) is 39.2 Å². The molecule has 1 aromatic rings. The number of fused-ring (bicyclic) bond motifs is 1. The SMILES string of the molecule is CCN(CC1OCCc2ccccc21)C1CNC1. The summed E-state index contributed by atoms with van der Waals surface area (Å²) in [6.07, 6.45) is 1.32. The van der Waals surface area contributed by atoms with E-state index in [1.54, 1.807) is 0 Å². The average molecular weight is 246 g/mol. The lowest BCUT2D eigenvalue weighted by Crippen LogP contribution is -2.58. The Kier molecular flexibility index (Phi) is 3.64. The first-order chi connectivity index (χ1) is 8.88. The van der Waals surface area contributed by atoms with E-state index in [0.29, 0.717) is 6.04 Å². The summed E-state index contributed by atoms with van der Waals surface area (Å²) < 4.78 is 5.99. The van der Waals surface area contributed by atoms with Crippen molar-refractivity contribution in [3.63, 3.8) is 0 Å². The first-order valence-corrected chi connectivity index (χ1v) is 7.02. The predicted molar refractivity (Wildman–Crippen MR) is 72.7 cm³/mol. The van der Waals surface area contributed by atoms with Crippen LogP contribution >= 0.6 is 0 Å². The summed E-state index contributed by atoms with van der Waals surface area (Å²) in [5.74, 6) is 0. The van der Waals surface area contributed by atoms with Gasteiger partial charge in [-0.15, -0.1) is 0 Å². The molecule has 3 heteroatoms. The molecule has 0 radical (unpaired) electrons. The van der Waals surface area contributed by atoms with Crippen LogP contribution in [0.15, 0.2) is 24.3 Å². The molecule has 1 atom stereocenters. The van der Waals surface area contributed by atoms with Crippen LogP contribution in [0.4, 0.5) is 0 Å². The number of ether oxygens (including phenoxy) is 1. The zero-order valence-corrected chi connectivity index (χ0v) is 11.1. The Labute approximate surface area is 109 Å². The summed E-state index contributed by atoms with van der Waals surface area (Å²) in [6.45, 7) is 7.49. The molecule has 1 N–H and O–H groups in total. The molecule has 18 heavy (non-hydrogen) atoms. The normalized spacial score (nSPS) is 23.8. The van der Waals surface area contributed by atoms with Gasteiger partial charge < -0.3 is 10.1 Å². The summed E-state index contributed by atoms with van der Waals surface area (Å²) in [6, 6.07) is 9.43. The van der Waals surface area contributed by atoms with Gasteiger partial charge >= 0.3 is 0 Å². The molecule has 0 aromatic heterocycles. The molecule has 0 amide bonds. The number of nitrogens with one attached hydrogen (secondary N) is 1. The summed E-state index contributed by atoms with van der Waals surface area (Å²) in [7, 11) is 0. The van der Waals surface area contributed by atoms with E-state index < -0.39 is 0 Å². The standard InChI is InChI=1S/C15H22N2O/c1-2-17(13-9-16-10-13)11-15-14-6-4-3-5-12(14)7-8-18-15/h3-6,13,15-16H,2,7-11H2,1H3. The molecule has 3 rings (SSSR count). The monoisotopic (exact) mass is 246 g/mol. The van der Waals surface area contributed by atoms with Crippen molar-refractivity contribution >= 4 is 0 Å².